The maximum Gasteiger partial charge on any atom is 0.355 e. The van der Waals surface area contributed by atoms with Crippen molar-refractivity contribution in [2.75, 3.05) is 39.6 Å². The fourth-order valence-electron chi connectivity index (χ4n) is 2.61. The molecular formula is C17H19NO7. The molecule has 2 rings (SSSR count). The van der Waals surface area contributed by atoms with E-state index < -0.39 is 17.9 Å². The Labute approximate surface area is 144 Å². The van der Waals surface area contributed by atoms with Crippen LogP contribution in [0.25, 0.3) is 0 Å². The summed E-state index contributed by atoms with van der Waals surface area (Å²) in [4.78, 5) is 37.9. The lowest BCUT2D eigenvalue weighted by Crippen LogP contribution is -2.39. The molecule has 0 N–H and O–H groups in total. The summed E-state index contributed by atoms with van der Waals surface area (Å²) in [5, 5.41) is 0. The number of aryl methyl sites for hydroxylation is 1. The van der Waals surface area contributed by atoms with Crippen LogP contribution in [-0.2, 0) is 28.5 Å². The molecule has 25 heavy (non-hydrogen) atoms. The predicted octanol–water partition coefficient (Wildman–Crippen LogP) is 1.18. The second-order valence-corrected chi connectivity index (χ2v) is 5.18. The molecule has 0 saturated heterocycles. The van der Waals surface area contributed by atoms with E-state index in [-0.39, 0.29) is 30.2 Å². The average Bonchev–Trinajstić information content (AvgIpc) is 2.65. The molecule has 0 atom stereocenters. The number of rotatable bonds is 4. The third kappa shape index (κ3) is 3.48. The molecule has 0 saturated carbocycles. The summed E-state index contributed by atoms with van der Waals surface area (Å²) >= 11 is 0. The van der Waals surface area contributed by atoms with E-state index in [0.717, 1.165) is 0 Å². The van der Waals surface area contributed by atoms with Gasteiger partial charge in [-0.2, -0.15) is 0 Å². The van der Waals surface area contributed by atoms with Crippen molar-refractivity contribution in [1.82, 2.24) is 0 Å². The number of anilines is 1. The minimum atomic E-state index is -0.734. The molecule has 1 aliphatic heterocycles. The number of para-hydroxylation sites is 1. The van der Waals surface area contributed by atoms with E-state index in [1.165, 1.54) is 26.2 Å². The molecule has 1 aromatic rings. The van der Waals surface area contributed by atoms with Gasteiger partial charge in [0.05, 0.1) is 44.8 Å². The molecule has 134 valence electrons. The Morgan fingerprint density at radius 2 is 1.64 bits per heavy atom. The lowest BCUT2D eigenvalue weighted by atomic mass is 10.0. The molecule has 0 amide bonds. The quantitative estimate of drug-likeness (QED) is 0.591. The van der Waals surface area contributed by atoms with E-state index >= 15 is 0 Å². The summed E-state index contributed by atoms with van der Waals surface area (Å²) in [5.74, 6) is -2.02. The van der Waals surface area contributed by atoms with Crippen LogP contribution in [0.4, 0.5) is 5.69 Å². The molecule has 1 aliphatic rings. The van der Waals surface area contributed by atoms with Gasteiger partial charge < -0.3 is 23.8 Å². The Bertz CT molecular complexity index is 739. The molecule has 0 aliphatic carbocycles. The maximum absolute atomic E-state index is 12.3. The van der Waals surface area contributed by atoms with Gasteiger partial charge in [-0.05, 0) is 18.6 Å². The molecule has 1 aromatic carbocycles. The van der Waals surface area contributed by atoms with Crippen molar-refractivity contribution in [3.05, 3.63) is 40.6 Å². The predicted molar refractivity (Wildman–Crippen MR) is 86.9 cm³/mol. The van der Waals surface area contributed by atoms with Gasteiger partial charge in [0.25, 0.3) is 0 Å². The number of esters is 3. The Morgan fingerprint density at radius 1 is 1.00 bits per heavy atom. The lowest BCUT2D eigenvalue weighted by molar-refractivity contribution is -0.140. The van der Waals surface area contributed by atoms with Crippen molar-refractivity contribution in [3.63, 3.8) is 0 Å². The minimum Gasteiger partial charge on any atom is -0.466 e. The van der Waals surface area contributed by atoms with Gasteiger partial charge in [-0.25, -0.2) is 14.4 Å². The lowest BCUT2D eigenvalue weighted by Gasteiger charge is -2.33. The first-order valence-electron chi connectivity index (χ1n) is 7.39. The van der Waals surface area contributed by atoms with Crippen molar-refractivity contribution in [2.24, 2.45) is 0 Å². The zero-order valence-electron chi connectivity index (χ0n) is 14.5. The number of benzene rings is 1. The van der Waals surface area contributed by atoms with Crippen LogP contribution in [0.2, 0.25) is 0 Å². The Kier molecular flexibility index (Phi) is 5.76. The van der Waals surface area contributed by atoms with Crippen molar-refractivity contribution in [1.29, 1.82) is 0 Å². The first-order chi connectivity index (χ1) is 12.0. The van der Waals surface area contributed by atoms with Crippen LogP contribution < -0.4 is 4.90 Å². The Hall–Kier alpha value is -2.87. The summed E-state index contributed by atoms with van der Waals surface area (Å²) in [6, 6.07) is 5.03. The molecule has 1 heterocycles. The van der Waals surface area contributed by atoms with Crippen molar-refractivity contribution in [2.45, 2.75) is 6.92 Å². The van der Waals surface area contributed by atoms with E-state index in [0.29, 0.717) is 11.3 Å². The third-order valence-electron chi connectivity index (χ3n) is 3.75. The number of nitrogens with zero attached hydrogens (tertiary/aromatic N) is 1. The van der Waals surface area contributed by atoms with Gasteiger partial charge >= 0.3 is 17.9 Å². The second kappa shape index (κ2) is 7.80. The molecule has 0 aromatic heterocycles. The molecule has 8 heteroatoms. The Morgan fingerprint density at radius 3 is 2.24 bits per heavy atom. The topological polar surface area (TPSA) is 91.4 Å². The molecule has 0 unspecified atom stereocenters. The average molecular weight is 349 g/mol. The largest absolute Gasteiger partial charge is 0.466 e. The van der Waals surface area contributed by atoms with Crippen LogP contribution in [0.15, 0.2) is 29.5 Å². The number of hydrogen-bond acceptors (Lipinski definition) is 8. The van der Waals surface area contributed by atoms with Crippen LogP contribution >= 0.6 is 0 Å². The molecule has 0 bridgehead atoms. The number of hydrogen-bond donors (Lipinski definition) is 0. The third-order valence-corrected chi connectivity index (χ3v) is 3.75. The highest BCUT2D eigenvalue weighted by atomic mass is 16.5. The molecular weight excluding hydrogens is 330 g/mol. The number of ether oxygens (including phenoxy) is 4. The second-order valence-electron chi connectivity index (χ2n) is 5.18. The smallest absolute Gasteiger partial charge is 0.355 e. The fourth-order valence-corrected chi connectivity index (χ4v) is 2.61. The van der Waals surface area contributed by atoms with E-state index in [2.05, 4.69) is 0 Å². The van der Waals surface area contributed by atoms with E-state index in [4.69, 9.17) is 18.9 Å². The van der Waals surface area contributed by atoms with Gasteiger partial charge in [-0.1, -0.05) is 12.1 Å². The highest BCUT2D eigenvalue weighted by Crippen LogP contribution is 2.32. The van der Waals surface area contributed by atoms with Crippen molar-refractivity contribution < 1.29 is 33.3 Å². The van der Waals surface area contributed by atoms with Crippen molar-refractivity contribution in [3.8, 4) is 0 Å². The number of methoxy groups -OCH3 is 3. The van der Waals surface area contributed by atoms with Crippen molar-refractivity contribution >= 4 is 23.6 Å². The van der Waals surface area contributed by atoms with Gasteiger partial charge in [0, 0.05) is 0 Å². The molecule has 0 fully saturated rings. The number of carbonyl (C=O) groups is 3. The van der Waals surface area contributed by atoms with Crippen LogP contribution in [0.1, 0.15) is 15.9 Å². The maximum atomic E-state index is 12.3. The zero-order chi connectivity index (χ0) is 18.6. The van der Waals surface area contributed by atoms with Gasteiger partial charge in [-0.3, -0.25) is 0 Å². The van der Waals surface area contributed by atoms with Gasteiger partial charge in [0.15, 0.2) is 0 Å². The van der Waals surface area contributed by atoms with E-state index in [1.807, 2.05) is 0 Å². The summed E-state index contributed by atoms with van der Waals surface area (Å²) in [7, 11) is 3.67. The van der Waals surface area contributed by atoms with Crippen LogP contribution in [0, 0.1) is 6.92 Å². The normalized spacial score (nSPS) is 14.2. The fraction of sp³-hybridized carbons (Fsp3) is 0.353. The van der Waals surface area contributed by atoms with E-state index in [1.54, 1.807) is 25.1 Å². The summed E-state index contributed by atoms with van der Waals surface area (Å²) in [5.41, 5.74) is 1.31. The van der Waals surface area contributed by atoms with Gasteiger partial charge in [0.1, 0.15) is 12.4 Å². The first-order valence-corrected chi connectivity index (χ1v) is 7.39. The molecule has 0 spiro atoms. The van der Waals surface area contributed by atoms with Crippen LogP contribution in [0.5, 0.6) is 0 Å². The SMILES string of the molecule is COC(=O)C1=C(C(=O)OC)N(c2c(C)cccc2C(=O)OC)COC1. The zero-order valence-corrected chi connectivity index (χ0v) is 14.5. The first kappa shape index (κ1) is 18.5. The Balaban J connectivity index is 2.70. The monoisotopic (exact) mass is 349 g/mol. The van der Waals surface area contributed by atoms with Crippen LogP contribution in [0.3, 0.4) is 0 Å². The van der Waals surface area contributed by atoms with Crippen LogP contribution in [-0.4, -0.2) is 52.6 Å². The van der Waals surface area contributed by atoms with Gasteiger partial charge in [0.2, 0.25) is 0 Å². The highest BCUT2D eigenvalue weighted by Gasteiger charge is 2.34. The highest BCUT2D eigenvalue weighted by molar-refractivity contribution is 6.05. The summed E-state index contributed by atoms with van der Waals surface area (Å²) < 4.78 is 19.8. The summed E-state index contributed by atoms with van der Waals surface area (Å²) in [6.45, 7) is 1.62. The van der Waals surface area contributed by atoms with Gasteiger partial charge in [-0.15, -0.1) is 0 Å². The standard InChI is InChI=1S/C17H19NO7/c1-10-6-5-7-11(15(19)22-2)13(10)18-9-25-8-12(16(20)23-3)14(18)17(21)24-4/h5-7H,8-9H2,1-4H3. The van der Waals surface area contributed by atoms with E-state index in [9.17, 15) is 14.4 Å². The molecule has 0 radical (unpaired) electrons. The minimum absolute atomic E-state index is 0.0136. The number of carbonyl (C=O) groups excluding carboxylic acids is 3. The molecule has 8 nitrogen and oxygen atoms in total. The summed E-state index contributed by atoms with van der Waals surface area (Å²) in [6.07, 6.45) is 0.